The number of ether oxygens (including phenoxy) is 1. The summed E-state index contributed by atoms with van der Waals surface area (Å²) in [6.45, 7) is 3.53. The molecule has 4 aromatic rings. The average Bonchev–Trinajstić information content (AvgIpc) is 3.32. The smallest absolute Gasteiger partial charge is 0.264 e. The van der Waals surface area contributed by atoms with Crippen molar-refractivity contribution in [3.05, 3.63) is 65.6 Å². The molecule has 7 nitrogen and oxygen atoms in total. The van der Waals surface area contributed by atoms with Crippen LogP contribution in [-0.4, -0.2) is 20.3 Å². The van der Waals surface area contributed by atoms with Crippen molar-refractivity contribution in [2.45, 2.75) is 20.5 Å². The number of aromatic nitrogens is 4. The van der Waals surface area contributed by atoms with Crippen molar-refractivity contribution in [3.63, 3.8) is 0 Å². The number of nitrogens with zero attached hydrogens (tertiary/aromatic N) is 4. The van der Waals surface area contributed by atoms with Crippen LogP contribution in [0.5, 0.6) is 5.75 Å². The molecule has 2 aromatic heterocycles. The molecule has 2 heterocycles. The third-order valence-electron chi connectivity index (χ3n) is 3.90. The van der Waals surface area contributed by atoms with E-state index in [4.69, 9.17) is 13.8 Å². The highest BCUT2D eigenvalue weighted by Gasteiger charge is 2.11. The third-order valence-corrected chi connectivity index (χ3v) is 3.90. The normalized spacial score (nSPS) is 10.9. The van der Waals surface area contributed by atoms with Crippen molar-refractivity contribution in [3.8, 4) is 28.5 Å². The van der Waals surface area contributed by atoms with Gasteiger partial charge in [0.05, 0.1) is 0 Å². The van der Waals surface area contributed by atoms with Crippen molar-refractivity contribution in [2.75, 3.05) is 0 Å². The Morgan fingerprint density at radius 2 is 1.59 bits per heavy atom. The summed E-state index contributed by atoms with van der Waals surface area (Å²) in [5.74, 6) is 1.95. The lowest BCUT2D eigenvalue weighted by molar-refractivity contribution is 0.243. The molecule has 0 fully saturated rings. The zero-order valence-corrected chi connectivity index (χ0v) is 14.6. The second-order valence-corrected chi connectivity index (χ2v) is 5.93. The molecule has 0 radical (unpaired) electrons. The maximum Gasteiger partial charge on any atom is 0.264 e. The van der Waals surface area contributed by atoms with E-state index < -0.39 is 0 Å². The van der Waals surface area contributed by atoms with Gasteiger partial charge in [-0.15, -0.1) is 0 Å². The minimum absolute atomic E-state index is 0.0992. The predicted molar refractivity (Wildman–Crippen MR) is 93.2 cm³/mol. The van der Waals surface area contributed by atoms with Crippen LogP contribution in [0.2, 0.25) is 0 Å². The molecule has 0 N–H and O–H groups in total. The Bertz CT molecular complexity index is 1070. The number of hydrogen-bond donors (Lipinski definition) is 0. The highest BCUT2D eigenvalue weighted by Crippen LogP contribution is 2.22. The molecule has 0 unspecified atom stereocenters. The number of hydrogen-bond acceptors (Lipinski definition) is 7. The Hall–Kier alpha value is -3.55. The van der Waals surface area contributed by atoms with Crippen LogP contribution in [0, 0.1) is 19.7 Å². The molecule has 0 aliphatic rings. The summed E-state index contributed by atoms with van der Waals surface area (Å²) in [4.78, 5) is 8.40. The molecule has 0 saturated heterocycles. The van der Waals surface area contributed by atoms with E-state index >= 15 is 0 Å². The van der Waals surface area contributed by atoms with Gasteiger partial charge in [0.2, 0.25) is 17.5 Å². The summed E-state index contributed by atoms with van der Waals surface area (Å²) in [6.07, 6.45) is 0. The number of benzene rings is 2. The monoisotopic (exact) mass is 366 g/mol. The molecule has 0 aliphatic carbocycles. The zero-order valence-electron chi connectivity index (χ0n) is 14.6. The summed E-state index contributed by atoms with van der Waals surface area (Å²) in [6, 6.07) is 12.0. The average molecular weight is 366 g/mol. The minimum Gasteiger partial charge on any atom is -0.484 e. The summed E-state index contributed by atoms with van der Waals surface area (Å²) in [5, 5.41) is 7.73. The maximum absolute atomic E-state index is 13.7. The van der Waals surface area contributed by atoms with Crippen LogP contribution >= 0.6 is 0 Å². The lowest BCUT2D eigenvalue weighted by Crippen LogP contribution is -1.96. The zero-order chi connectivity index (χ0) is 18.8. The third kappa shape index (κ3) is 3.69. The molecule has 27 heavy (non-hydrogen) atoms. The molecule has 0 spiro atoms. The fourth-order valence-electron chi connectivity index (χ4n) is 2.42. The lowest BCUT2D eigenvalue weighted by Gasteiger charge is -2.03. The van der Waals surface area contributed by atoms with E-state index in [-0.39, 0.29) is 12.4 Å². The first-order valence-electron chi connectivity index (χ1n) is 8.21. The van der Waals surface area contributed by atoms with Gasteiger partial charge >= 0.3 is 0 Å². The molecule has 0 aliphatic heterocycles. The quantitative estimate of drug-likeness (QED) is 0.525. The molecule has 2 aromatic carbocycles. The van der Waals surface area contributed by atoms with Crippen molar-refractivity contribution >= 4 is 0 Å². The van der Waals surface area contributed by atoms with Gasteiger partial charge in [-0.25, -0.2) is 4.39 Å². The van der Waals surface area contributed by atoms with Gasteiger partial charge in [-0.05, 0) is 42.8 Å². The van der Waals surface area contributed by atoms with Gasteiger partial charge in [0.25, 0.3) is 5.89 Å². The van der Waals surface area contributed by atoms with Gasteiger partial charge in [0.1, 0.15) is 11.6 Å². The van der Waals surface area contributed by atoms with Gasteiger partial charge < -0.3 is 13.8 Å². The number of halogens is 1. The van der Waals surface area contributed by atoms with E-state index in [1.54, 1.807) is 38.1 Å². The minimum atomic E-state index is -0.313. The Kier molecular flexibility index (Phi) is 4.37. The van der Waals surface area contributed by atoms with Crippen molar-refractivity contribution in [1.29, 1.82) is 0 Å². The van der Waals surface area contributed by atoms with E-state index in [1.165, 1.54) is 6.07 Å². The topological polar surface area (TPSA) is 87.1 Å². The molecular formula is C19H15FN4O3. The van der Waals surface area contributed by atoms with Crippen LogP contribution in [0.1, 0.15) is 17.3 Å². The van der Waals surface area contributed by atoms with Crippen LogP contribution in [0.4, 0.5) is 4.39 Å². The molecule has 4 rings (SSSR count). The molecule has 0 amide bonds. The van der Waals surface area contributed by atoms with E-state index in [2.05, 4.69) is 20.3 Å². The van der Waals surface area contributed by atoms with E-state index in [9.17, 15) is 4.39 Å². The first kappa shape index (κ1) is 16.9. The van der Waals surface area contributed by atoms with Gasteiger partial charge in [-0.2, -0.15) is 9.97 Å². The molecule has 0 atom stereocenters. The Labute approximate surface area is 153 Å². The molecule has 0 bridgehead atoms. The number of aryl methyl sites for hydroxylation is 2. The molecule has 8 heteroatoms. The highest BCUT2D eigenvalue weighted by molar-refractivity contribution is 5.56. The fraction of sp³-hybridized carbons (Fsp3) is 0.158. The van der Waals surface area contributed by atoms with Crippen LogP contribution in [0.3, 0.4) is 0 Å². The standard InChI is InChI=1S/C19H15FN4O3/c1-11-3-4-14(9-16(11)20)19-22-17(27-24-19)10-25-15-7-5-13(6-8-15)18-21-12(2)26-23-18/h3-9H,10H2,1-2H3. The van der Waals surface area contributed by atoms with E-state index in [0.717, 1.165) is 5.56 Å². The van der Waals surface area contributed by atoms with Gasteiger partial charge in [-0.1, -0.05) is 22.4 Å². The van der Waals surface area contributed by atoms with Crippen LogP contribution in [0.15, 0.2) is 51.5 Å². The maximum atomic E-state index is 13.7. The summed E-state index contributed by atoms with van der Waals surface area (Å²) in [5.41, 5.74) is 1.93. The second-order valence-electron chi connectivity index (χ2n) is 5.93. The molecule has 136 valence electrons. The first-order valence-corrected chi connectivity index (χ1v) is 8.21. The van der Waals surface area contributed by atoms with Gasteiger partial charge in [-0.3, -0.25) is 0 Å². The predicted octanol–water partition coefficient (Wildman–Crippen LogP) is 4.12. The summed E-state index contributed by atoms with van der Waals surface area (Å²) in [7, 11) is 0. The Balaban J connectivity index is 1.42. The van der Waals surface area contributed by atoms with Crippen LogP contribution in [0.25, 0.3) is 22.8 Å². The van der Waals surface area contributed by atoms with Crippen LogP contribution < -0.4 is 4.74 Å². The lowest BCUT2D eigenvalue weighted by atomic mass is 10.1. The van der Waals surface area contributed by atoms with Gasteiger partial charge in [0, 0.05) is 18.1 Å². The van der Waals surface area contributed by atoms with E-state index in [1.807, 2.05) is 12.1 Å². The summed E-state index contributed by atoms with van der Waals surface area (Å²) < 4.78 is 29.4. The van der Waals surface area contributed by atoms with Gasteiger partial charge in [0.15, 0.2) is 6.61 Å². The fourth-order valence-corrected chi connectivity index (χ4v) is 2.42. The summed E-state index contributed by atoms with van der Waals surface area (Å²) >= 11 is 0. The first-order chi connectivity index (χ1) is 13.1. The second kappa shape index (κ2) is 6.99. The molecule has 0 saturated carbocycles. The largest absolute Gasteiger partial charge is 0.484 e. The molecular weight excluding hydrogens is 351 g/mol. The SMILES string of the molecule is Cc1nc(-c2ccc(OCc3nc(-c4ccc(C)c(F)c4)no3)cc2)no1. The van der Waals surface area contributed by atoms with Crippen molar-refractivity contribution in [1.82, 2.24) is 20.3 Å². The Morgan fingerprint density at radius 3 is 2.30 bits per heavy atom. The highest BCUT2D eigenvalue weighted by atomic mass is 19.1. The number of rotatable bonds is 5. The van der Waals surface area contributed by atoms with Crippen LogP contribution in [-0.2, 0) is 6.61 Å². The van der Waals surface area contributed by atoms with E-state index in [0.29, 0.717) is 40.3 Å². The van der Waals surface area contributed by atoms with Crippen molar-refractivity contribution < 1.29 is 18.2 Å². The Morgan fingerprint density at radius 1 is 0.889 bits per heavy atom. The van der Waals surface area contributed by atoms with Crippen molar-refractivity contribution in [2.24, 2.45) is 0 Å².